The van der Waals surface area contributed by atoms with Gasteiger partial charge in [-0.05, 0) is 31.4 Å². The lowest BCUT2D eigenvalue weighted by molar-refractivity contribution is -0.126. The molecule has 2 N–H and O–H groups in total. The van der Waals surface area contributed by atoms with Crippen molar-refractivity contribution in [3.05, 3.63) is 12.7 Å². The zero-order chi connectivity index (χ0) is 14.6. The smallest absolute Gasteiger partial charge is 0.245 e. The molecule has 0 aromatic heterocycles. The number of rotatable bonds is 6. The molecule has 5 nitrogen and oxygen atoms in total. The fourth-order valence-corrected chi connectivity index (χ4v) is 2.89. The molecule has 0 unspecified atom stereocenters. The van der Waals surface area contributed by atoms with Crippen molar-refractivity contribution < 1.29 is 9.59 Å². The van der Waals surface area contributed by atoms with Crippen LogP contribution in [-0.4, -0.2) is 54.3 Å². The predicted octanol–water partition coefficient (Wildman–Crippen LogP) is 0.463. The lowest BCUT2D eigenvalue weighted by Gasteiger charge is -2.30. The van der Waals surface area contributed by atoms with E-state index >= 15 is 0 Å². The first kappa shape index (κ1) is 15.7. The molecular weight excluding hydrogens is 242 g/mol. The molecule has 0 saturated carbocycles. The quantitative estimate of drug-likeness (QED) is 0.711. The number of hydrogen-bond acceptors (Lipinski definition) is 3. The Labute approximate surface area is 115 Å². The Balaban J connectivity index is 2.54. The first-order chi connectivity index (χ1) is 8.86. The minimum absolute atomic E-state index is 0.0135. The molecule has 1 heterocycles. The van der Waals surface area contributed by atoms with Crippen molar-refractivity contribution in [1.82, 2.24) is 9.80 Å². The molecule has 1 saturated heterocycles. The maximum atomic E-state index is 11.5. The summed E-state index contributed by atoms with van der Waals surface area (Å²) in [5.41, 5.74) is 5.45. The second kappa shape index (κ2) is 6.70. The summed E-state index contributed by atoms with van der Waals surface area (Å²) in [5, 5.41) is 0. The van der Waals surface area contributed by atoms with E-state index in [9.17, 15) is 9.59 Å². The predicted molar refractivity (Wildman–Crippen MR) is 75.3 cm³/mol. The third kappa shape index (κ3) is 4.06. The summed E-state index contributed by atoms with van der Waals surface area (Å²) in [6.45, 7) is 9.78. The van der Waals surface area contributed by atoms with Crippen molar-refractivity contribution >= 4 is 11.8 Å². The second-order valence-electron chi connectivity index (χ2n) is 5.67. The molecule has 1 rings (SSSR count). The Morgan fingerprint density at radius 2 is 2.16 bits per heavy atom. The number of carbonyl (C=O) groups excluding carboxylic acids is 2. The van der Waals surface area contributed by atoms with Gasteiger partial charge in [-0.3, -0.25) is 14.5 Å². The highest BCUT2D eigenvalue weighted by atomic mass is 16.2. The number of nitrogens with two attached hydrogens (primary N) is 1. The van der Waals surface area contributed by atoms with Crippen molar-refractivity contribution in [2.24, 2.45) is 17.6 Å². The highest BCUT2D eigenvalue weighted by molar-refractivity contribution is 5.87. The van der Waals surface area contributed by atoms with E-state index < -0.39 is 0 Å². The van der Waals surface area contributed by atoms with Crippen LogP contribution in [0.15, 0.2) is 12.7 Å². The fourth-order valence-electron chi connectivity index (χ4n) is 2.89. The van der Waals surface area contributed by atoms with Gasteiger partial charge >= 0.3 is 0 Å². The van der Waals surface area contributed by atoms with E-state index in [1.165, 1.54) is 6.08 Å². The summed E-state index contributed by atoms with van der Waals surface area (Å²) >= 11 is 0. The van der Waals surface area contributed by atoms with Gasteiger partial charge in [-0.15, -0.1) is 0 Å². The van der Waals surface area contributed by atoms with E-state index in [4.69, 9.17) is 5.73 Å². The average molecular weight is 267 g/mol. The van der Waals surface area contributed by atoms with Crippen molar-refractivity contribution in [2.75, 3.05) is 26.7 Å². The lowest BCUT2D eigenvalue weighted by atomic mass is 10.00. The summed E-state index contributed by atoms with van der Waals surface area (Å²) in [4.78, 5) is 26.8. The summed E-state index contributed by atoms with van der Waals surface area (Å²) in [6.07, 6.45) is 2.32. The Morgan fingerprint density at radius 3 is 2.63 bits per heavy atom. The molecule has 0 aromatic carbocycles. The molecule has 0 aromatic rings. The maximum Gasteiger partial charge on any atom is 0.245 e. The largest absolute Gasteiger partial charge is 0.368 e. The van der Waals surface area contributed by atoms with E-state index in [0.29, 0.717) is 5.92 Å². The summed E-state index contributed by atoms with van der Waals surface area (Å²) < 4.78 is 0. The fraction of sp³-hybridized carbons (Fsp3) is 0.714. The van der Waals surface area contributed by atoms with Crippen molar-refractivity contribution in [1.29, 1.82) is 0 Å². The van der Waals surface area contributed by atoms with Gasteiger partial charge in [0, 0.05) is 19.6 Å². The van der Waals surface area contributed by atoms with Crippen LogP contribution in [0.4, 0.5) is 0 Å². The normalized spacial score (nSPS) is 20.9. The van der Waals surface area contributed by atoms with E-state index in [0.717, 1.165) is 26.1 Å². The van der Waals surface area contributed by atoms with Gasteiger partial charge in [-0.1, -0.05) is 20.4 Å². The Hall–Kier alpha value is -1.36. The highest BCUT2D eigenvalue weighted by Gasteiger charge is 2.30. The lowest BCUT2D eigenvalue weighted by Crippen LogP contribution is -2.48. The Kier molecular flexibility index (Phi) is 5.54. The van der Waals surface area contributed by atoms with Crippen LogP contribution < -0.4 is 5.73 Å². The molecule has 1 fully saturated rings. The van der Waals surface area contributed by atoms with Gasteiger partial charge in [-0.2, -0.15) is 0 Å². The van der Waals surface area contributed by atoms with Gasteiger partial charge < -0.3 is 10.6 Å². The summed E-state index contributed by atoms with van der Waals surface area (Å²) in [7, 11) is 1.92. The third-order valence-corrected chi connectivity index (χ3v) is 3.72. The summed E-state index contributed by atoms with van der Waals surface area (Å²) in [5.74, 6) is 0.291. The van der Waals surface area contributed by atoms with Gasteiger partial charge in [0.2, 0.25) is 11.8 Å². The van der Waals surface area contributed by atoms with Crippen LogP contribution in [0.25, 0.3) is 0 Å². The van der Waals surface area contributed by atoms with Crippen LogP contribution in [0.1, 0.15) is 20.3 Å². The molecule has 1 aliphatic heterocycles. The van der Waals surface area contributed by atoms with Crippen molar-refractivity contribution in [3.8, 4) is 0 Å². The molecule has 0 radical (unpaired) electrons. The first-order valence-corrected chi connectivity index (χ1v) is 6.77. The molecule has 0 bridgehead atoms. The van der Waals surface area contributed by atoms with Gasteiger partial charge in [0.1, 0.15) is 0 Å². The number of amides is 2. The summed E-state index contributed by atoms with van der Waals surface area (Å²) in [6, 6.07) is -0.246. The minimum atomic E-state index is -0.283. The number of nitrogens with zero attached hydrogens (tertiary/aromatic N) is 2. The monoisotopic (exact) mass is 267 g/mol. The minimum Gasteiger partial charge on any atom is -0.368 e. The number of hydrogen-bond donors (Lipinski definition) is 1. The van der Waals surface area contributed by atoms with E-state index in [1.54, 1.807) is 4.90 Å². The molecule has 0 aliphatic carbocycles. The number of likely N-dealkylation sites (tertiary alicyclic amines) is 1. The zero-order valence-electron chi connectivity index (χ0n) is 12.1. The molecule has 2 atom stereocenters. The number of primary amides is 1. The Bertz CT molecular complexity index is 355. The van der Waals surface area contributed by atoms with Crippen LogP contribution in [0.5, 0.6) is 0 Å². The molecule has 0 spiro atoms. The molecule has 2 amide bonds. The van der Waals surface area contributed by atoms with E-state index in [1.807, 2.05) is 25.8 Å². The average Bonchev–Trinajstić information content (AvgIpc) is 2.75. The SMILES string of the molecule is C=CC(=O)N1CC[C@H](CN(C)[C@H](C(N)=O)C(C)C)C1. The highest BCUT2D eigenvalue weighted by Crippen LogP contribution is 2.19. The van der Waals surface area contributed by atoms with Gasteiger partial charge in [0.05, 0.1) is 6.04 Å². The molecule has 108 valence electrons. The van der Waals surface area contributed by atoms with Crippen LogP contribution in [-0.2, 0) is 9.59 Å². The van der Waals surface area contributed by atoms with Crippen LogP contribution in [0, 0.1) is 11.8 Å². The molecule has 1 aliphatic rings. The molecule has 5 heteroatoms. The van der Waals surface area contributed by atoms with Gasteiger partial charge in [0.25, 0.3) is 0 Å². The zero-order valence-corrected chi connectivity index (χ0v) is 12.1. The van der Waals surface area contributed by atoms with E-state index in [-0.39, 0.29) is 23.8 Å². The Morgan fingerprint density at radius 1 is 1.53 bits per heavy atom. The van der Waals surface area contributed by atoms with Crippen LogP contribution >= 0.6 is 0 Å². The maximum absolute atomic E-state index is 11.5. The van der Waals surface area contributed by atoms with Crippen LogP contribution in [0.2, 0.25) is 0 Å². The molecular formula is C14H25N3O2. The third-order valence-electron chi connectivity index (χ3n) is 3.72. The second-order valence-corrected chi connectivity index (χ2v) is 5.67. The van der Waals surface area contributed by atoms with Crippen molar-refractivity contribution in [3.63, 3.8) is 0 Å². The van der Waals surface area contributed by atoms with Gasteiger partial charge in [-0.25, -0.2) is 0 Å². The topological polar surface area (TPSA) is 66.6 Å². The number of carbonyl (C=O) groups is 2. The van der Waals surface area contributed by atoms with E-state index in [2.05, 4.69) is 6.58 Å². The van der Waals surface area contributed by atoms with Crippen molar-refractivity contribution in [2.45, 2.75) is 26.3 Å². The standard InChI is InChI=1S/C14H25N3O2/c1-5-12(18)17-7-6-11(9-17)8-16(4)13(10(2)3)14(15)19/h5,10-11,13H,1,6-9H2,2-4H3,(H2,15,19)/t11-,13+/m1/s1. The van der Waals surface area contributed by atoms with Gasteiger partial charge in [0.15, 0.2) is 0 Å². The number of likely N-dealkylation sites (N-methyl/N-ethyl adjacent to an activating group) is 1. The van der Waals surface area contributed by atoms with Crippen LogP contribution in [0.3, 0.4) is 0 Å². The molecule has 19 heavy (non-hydrogen) atoms. The first-order valence-electron chi connectivity index (χ1n) is 6.77.